The highest BCUT2D eigenvalue weighted by molar-refractivity contribution is 7.17. The largest absolute Gasteiger partial charge is 0.465 e. The van der Waals surface area contributed by atoms with Crippen molar-refractivity contribution in [3.63, 3.8) is 0 Å². The number of aryl methyl sites for hydroxylation is 1. The van der Waals surface area contributed by atoms with Crippen molar-refractivity contribution in [2.75, 3.05) is 19.0 Å². The predicted molar refractivity (Wildman–Crippen MR) is 103 cm³/mol. The number of methoxy groups -OCH3 is 1. The third kappa shape index (κ3) is 4.03. The fourth-order valence-electron chi connectivity index (χ4n) is 3.12. The van der Waals surface area contributed by atoms with E-state index >= 15 is 0 Å². The first kappa shape index (κ1) is 19.1. The van der Waals surface area contributed by atoms with Crippen LogP contribution in [-0.2, 0) is 22.3 Å². The maximum absolute atomic E-state index is 12.6. The summed E-state index contributed by atoms with van der Waals surface area (Å²) >= 11 is 1.44. The van der Waals surface area contributed by atoms with Crippen LogP contribution in [0.5, 0.6) is 0 Å². The number of anilines is 1. The standard InChI is InChI=1S/C20H21NO5S/c1-3-26-20(24)16-14-6-4-5-7-15(14)27-18(16)21-17(22)12-8-10-13(11-9-12)19(23)25-2/h8-11H,3-7H2,1-2H3,(H,21,22). The first-order chi connectivity index (χ1) is 13.0. The molecule has 1 amide bonds. The molecular weight excluding hydrogens is 366 g/mol. The van der Waals surface area contributed by atoms with E-state index in [0.29, 0.717) is 21.7 Å². The number of nitrogens with one attached hydrogen (secondary N) is 1. The van der Waals surface area contributed by atoms with Gasteiger partial charge in [0.05, 0.1) is 24.8 Å². The molecule has 1 N–H and O–H groups in total. The summed E-state index contributed by atoms with van der Waals surface area (Å²) in [5.41, 5.74) is 2.24. The van der Waals surface area contributed by atoms with Gasteiger partial charge < -0.3 is 14.8 Å². The van der Waals surface area contributed by atoms with Crippen LogP contribution >= 0.6 is 11.3 Å². The average molecular weight is 387 g/mol. The minimum absolute atomic E-state index is 0.284. The maximum atomic E-state index is 12.6. The number of benzene rings is 1. The zero-order valence-electron chi connectivity index (χ0n) is 15.3. The molecule has 1 aromatic heterocycles. The Morgan fingerprint density at radius 2 is 1.70 bits per heavy atom. The van der Waals surface area contributed by atoms with Gasteiger partial charge in [-0.25, -0.2) is 9.59 Å². The Labute approximate surface area is 161 Å². The zero-order valence-corrected chi connectivity index (χ0v) is 16.1. The number of amides is 1. The minimum atomic E-state index is -0.461. The second-order valence-electron chi connectivity index (χ2n) is 6.16. The lowest BCUT2D eigenvalue weighted by Gasteiger charge is -2.12. The maximum Gasteiger partial charge on any atom is 0.341 e. The molecule has 6 nitrogen and oxygen atoms in total. The van der Waals surface area contributed by atoms with Crippen LogP contribution in [0.4, 0.5) is 5.00 Å². The molecule has 2 aromatic rings. The summed E-state index contributed by atoms with van der Waals surface area (Å²) < 4.78 is 9.85. The summed E-state index contributed by atoms with van der Waals surface area (Å²) in [6.45, 7) is 2.05. The van der Waals surface area contributed by atoms with Gasteiger partial charge in [-0.2, -0.15) is 0 Å². The van der Waals surface area contributed by atoms with Gasteiger partial charge in [0.1, 0.15) is 5.00 Å². The van der Waals surface area contributed by atoms with E-state index in [4.69, 9.17) is 4.74 Å². The smallest absolute Gasteiger partial charge is 0.341 e. The fourth-order valence-corrected chi connectivity index (χ4v) is 4.40. The van der Waals surface area contributed by atoms with E-state index in [-0.39, 0.29) is 12.5 Å². The molecule has 7 heteroatoms. The van der Waals surface area contributed by atoms with Crippen LogP contribution in [0.1, 0.15) is 61.3 Å². The van der Waals surface area contributed by atoms with E-state index in [1.54, 1.807) is 19.1 Å². The molecular formula is C20H21NO5S. The van der Waals surface area contributed by atoms with Crippen molar-refractivity contribution in [3.8, 4) is 0 Å². The lowest BCUT2D eigenvalue weighted by atomic mass is 9.95. The Bertz CT molecular complexity index is 869. The van der Waals surface area contributed by atoms with Gasteiger partial charge in [-0.1, -0.05) is 0 Å². The molecule has 0 saturated heterocycles. The van der Waals surface area contributed by atoms with E-state index in [1.807, 2.05) is 0 Å². The highest BCUT2D eigenvalue weighted by Gasteiger charge is 2.27. The van der Waals surface area contributed by atoms with Gasteiger partial charge in [0, 0.05) is 10.4 Å². The van der Waals surface area contributed by atoms with Crippen LogP contribution in [0.15, 0.2) is 24.3 Å². The number of carbonyl (C=O) groups is 3. The fraction of sp³-hybridized carbons (Fsp3) is 0.350. The molecule has 0 atom stereocenters. The number of esters is 2. The Morgan fingerprint density at radius 1 is 1.04 bits per heavy atom. The number of fused-ring (bicyclic) bond motifs is 1. The molecule has 3 rings (SSSR count). The van der Waals surface area contributed by atoms with Crippen LogP contribution in [0.2, 0.25) is 0 Å². The molecule has 0 fully saturated rings. The Hall–Kier alpha value is -2.67. The highest BCUT2D eigenvalue weighted by atomic mass is 32.1. The number of ether oxygens (including phenoxy) is 2. The molecule has 1 aromatic carbocycles. The van der Waals surface area contributed by atoms with Crippen molar-refractivity contribution < 1.29 is 23.9 Å². The predicted octanol–water partition coefficient (Wildman–Crippen LogP) is 3.84. The Kier molecular flexibility index (Phi) is 5.91. The summed E-state index contributed by atoms with van der Waals surface area (Å²) in [6.07, 6.45) is 3.84. The molecule has 1 heterocycles. The van der Waals surface area contributed by atoms with Crippen molar-refractivity contribution in [3.05, 3.63) is 51.4 Å². The van der Waals surface area contributed by atoms with Gasteiger partial charge in [0.15, 0.2) is 0 Å². The molecule has 1 aliphatic rings. The lowest BCUT2D eigenvalue weighted by molar-refractivity contribution is 0.0525. The van der Waals surface area contributed by atoms with E-state index in [2.05, 4.69) is 10.1 Å². The molecule has 0 saturated carbocycles. The third-order valence-electron chi connectivity index (χ3n) is 4.45. The highest BCUT2D eigenvalue weighted by Crippen LogP contribution is 2.38. The summed E-state index contributed by atoms with van der Waals surface area (Å²) in [5.74, 6) is -1.19. The van der Waals surface area contributed by atoms with Crippen molar-refractivity contribution in [1.29, 1.82) is 0 Å². The van der Waals surface area contributed by atoms with Crippen LogP contribution in [0.25, 0.3) is 0 Å². The van der Waals surface area contributed by atoms with Gasteiger partial charge in [-0.05, 0) is 62.4 Å². The first-order valence-corrected chi connectivity index (χ1v) is 9.68. The summed E-state index contributed by atoms with van der Waals surface area (Å²) in [4.78, 5) is 37.7. The van der Waals surface area contributed by atoms with Crippen LogP contribution in [0.3, 0.4) is 0 Å². The van der Waals surface area contributed by atoms with E-state index in [0.717, 1.165) is 36.1 Å². The summed E-state index contributed by atoms with van der Waals surface area (Å²) in [5, 5.41) is 3.38. The first-order valence-electron chi connectivity index (χ1n) is 8.86. The minimum Gasteiger partial charge on any atom is -0.465 e. The van der Waals surface area contributed by atoms with Gasteiger partial charge >= 0.3 is 11.9 Å². The molecule has 0 radical (unpaired) electrons. The van der Waals surface area contributed by atoms with Gasteiger partial charge in [-0.3, -0.25) is 4.79 Å². The normalized spacial score (nSPS) is 12.8. The van der Waals surface area contributed by atoms with Gasteiger partial charge in [0.2, 0.25) is 0 Å². The molecule has 0 bridgehead atoms. The Morgan fingerprint density at radius 3 is 2.37 bits per heavy atom. The summed E-state index contributed by atoms with van der Waals surface area (Å²) in [6, 6.07) is 6.18. The van der Waals surface area contributed by atoms with Crippen LogP contribution in [0, 0.1) is 0 Å². The summed E-state index contributed by atoms with van der Waals surface area (Å²) in [7, 11) is 1.30. The molecule has 0 unspecified atom stereocenters. The molecule has 1 aliphatic carbocycles. The van der Waals surface area contributed by atoms with Crippen LogP contribution < -0.4 is 5.32 Å². The average Bonchev–Trinajstić information content (AvgIpc) is 3.05. The van der Waals surface area contributed by atoms with Crippen molar-refractivity contribution in [2.45, 2.75) is 32.6 Å². The van der Waals surface area contributed by atoms with Crippen molar-refractivity contribution in [1.82, 2.24) is 0 Å². The molecule has 0 aliphatic heterocycles. The number of hydrogen-bond donors (Lipinski definition) is 1. The number of rotatable bonds is 5. The van der Waals surface area contributed by atoms with E-state index < -0.39 is 11.9 Å². The molecule has 27 heavy (non-hydrogen) atoms. The van der Waals surface area contributed by atoms with Gasteiger partial charge in [-0.15, -0.1) is 11.3 Å². The monoisotopic (exact) mass is 387 g/mol. The third-order valence-corrected chi connectivity index (χ3v) is 5.65. The second kappa shape index (κ2) is 8.35. The zero-order chi connectivity index (χ0) is 19.4. The topological polar surface area (TPSA) is 81.7 Å². The lowest BCUT2D eigenvalue weighted by Crippen LogP contribution is -2.16. The van der Waals surface area contributed by atoms with Gasteiger partial charge in [0.25, 0.3) is 5.91 Å². The number of thiophene rings is 1. The van der Waals surface area contributed by atoms with Crippen molar-refractivity contribution in [2.24, 2.45) is 0 Å². The number of hydrogen-bond acceptors (Lipinski definition) is 6. The van der Waals surface area contributed by atoms with Crippen LogP contribution in [-0.4, -0.2) is 31.6 Å². The molecule has 142 valence electrons. The molecule has 0 spiro atoms. The van der Waals surface area contributed by atoms with Crippen molar-refractivity contribution >= 4 is 34.2 Å². The van der Waals surface area contributed by atoms with E-state index in [9.17, 15) is 14.4 Å². The quantitative estimate of drug-likeness (QED) is 0.788. The SMILES string of the molecule is CCOC(=O)c1c(NC(=O)c2ccc(C(=O)OC)cc2)sc2c1CCCC2. The van der Waals surface area contributed by atoms with E-state index in [1.165, 1.54) is 30.6 Å². The Balaban J connectivity index is 1.86. The number of carbonyl (C=O) groups excluding carboxylic acids is 3. The second-order valence-corrected chi connectivity index (χ2v) is 7.26.